The topological polar surface area (TPSA) is 20.2 Å². The minimum atomic E-state index is 0.267. The van der Waals surface area contributed by atoms with Crippen LogP contribution in [0, 0.1) is 0 Å². The molecule has 0 aromatic carbocycles. The summed E-state index contributed by atoms with van der Waals surface area (Å²) in [7, 11) is 0. The molecule has 0 amide bonds. The van der Waals surface area contributed by atoms with Crippen LogP contribution in [0.1, 0.15) is 27.2 Å². The highest BCUT2D eigenvalue weighted by Crippen LogP contribution is 2.26. The smallest absolute Gasteiger partial charge is 0.0444 e. The molecule has 0 aromatic heterocycles. The highest BCUT2D eigenvalue weighted by Gasteiger charge is 2.15. The fourth-order valence-corrected chi connectivity index (χ4v) is 1.75. The molecule has 0 fully saturated rings. The van der Waals surface area contributed by atoms with Gasteiger partial charge < -0.3 is 5.11 Å². The molecule has 0 aliphatic rings. The number of hydrogen-bond acceptors (Lipinski definition) is 2. The Hall–Kier alpha value is 0.310. The Morgan fingerprint density at radius 3 is 2.33 bits per heavy atom. The van der Waals surface area contributed by atoms with Crippen molar-refractivity contribution in [3.05, 3.63) is 0 Å². The molecule has 0 saturated heterocycles. The van der Waals surface area contributed by atoms with E-state index >= 15 is 0 Å². The normalized spacial score (nSPS) is 12.0. The van der Waals surface area contributed by atoms with Gasteiger partial charge in [0.25, 0.3) is 0 Å². The predicted molar refractivity (Wildman–Crippen MR) is 43.9 cm³/mol. The summed E-state index contributed by atoms with van der Waals surface area (Å²) < 4.78 is 0.267. The summed E-state index contributed by atoms with van der Waals surface area (Å²) in [5.41, 5.74) is 0. The molecule has 0 aromatic rings. The van der Waals surface area contributed by atoms with Crippen molar-refractivity contribution >= 4 is 11.8 Å². The van der Waals surface area contributed by atoms with Gasteiger partial charge in [-0.2, -0.15) is 11.8 Å². The van der Waals surface area contributed by atoms with E-state index in [0.29, 0.717) is 6.61 Å². The molecule has 0 rings (SSSR count). The van der Waals surface area contributed by atoms with Gasteiger partial charge in [0.05, 0.1) is 0 Å². The summed E-state index contributed by atoms with van der Waals surface area (Å²) in [6, 6.07) is 0. The van der Waals surface area contributed by atoms with Crippen LogP contribution in [0.15, 0.2) is 0 Å². The number of aliphatic hydroxyl groups excluding tert-OH is 1. The third-order valence-electron chi connectivity index (χ3n) is 1.25. The first-order valence-corrected chi connectivity index (χ1v) is 4.36. The van der Waals surface area contributed by atoms with E-state index in [1.165, 1.54) is 0 Å². The van der Waals surface area contributed by atoms with Crippen LogP contribution in [0.2, 0.25) is 0 Å². The van der Waals surface area contributed by atoms with Crippen LogP contribution in [-0.2, 0) is 0 Å². The molecule has 56 valence electrons. The van der Waals surface area contributed by atoms with Crippen molar-refractivity contribution in [1.82, 2.24) is 0 Å². The van der Waals surface area contributed by atoms with Crippen LogP contribution in [0.5, 0.6) is 0 Å². The van der Waals surface area contributed by atoms with E-state index in [0.717, 1.165) is 12.2 Å². The van der Waals surface area contributed by atoms with E-state index in [2.05, 4.69) is 20.8 Å². The molecule has 0 aliphatic heterocycles. The van der Waals surface area contributed by atoms with Gasteiger partial charge >= 0.3 is 0 Å². The number of thioether (sulfide) groups is 1. The number of rotatable bonds is 4. The molecule has 1 nitrogen and oxygen atoms in total. The highest BCUT2D eigenvalue weighted by molar-refractivity contribution is 8.00. The lowest BCUT2D eigenvalue weighted by atomic mass is 10.1. The minimum Gasteiger partial charge on any atom is -0.396 e. The monoisotopic (exact) mass is 148 g/mol. The minimum absolute atomic E-state index is 0.267. The summed E-state index contributed by atoms with van der Waals surface area (Å²) in [5.74, 6) is 1.13. The third-order valence-corrected chi connectivity index (χ3v) is 2.52. The second kappa shape index (κ2) is 4.18. The Labute approximate surface area is 61.8 Å². The zero-order valence-corrected chi connectivity index (χ0v) is 7.29. The summed E-state index contributed by atoms with van der Waals surface area (Å²) in [6.07, 6.45) is 0.894. The molecule has 0 unspecified atom stereocenters. The Kier molecular flexibility index (Phi) is 4.32. The average Bonchev–Trinajstić information content (AvgIpc) is 1.64. The fraction of sp³-hybridized carbons (Fsp3) is 1.00. The van der Waals surface area contributed by atoms with Gasteiger partial charge in [-0.25, -0.2) is 0 Å². The van der Waals surface area contributed by atoms with E-state index in [1.54, 1.807) is 0 Å². The summed E-state index contributed by atoms with van der Waals surface area (Å²) in [4.78, 5) is 0. The van der Waals surface area contributed by atoms with E-state index in [-0.39, 0.29) is 4.75 Å². The quantitative estimate of drug-likeness (QED) is 0.657. The molecule has 0 saturated carbocycles. The lowest BCUT2D eigenvalue weighted by Gasteiger charge is -2.21. The largest absolute Gasteiger partial charge is 0.396 e. The summed E-state index contributed by atoms with van der Waals surface area (Å²) in [6.45, 7) is 6.78. The van der Waals surface area contributed by atoms with Crippen LogP contribution in [0.25, 0.3) is 0 Å². The average molecular weight is 148 g/mol. The predicted octanol–water partition coefficient (Wildman–Crippen LogP) is 1.90. The Balaban J connectivity index is 3.43. The summed E-state index contributed by atoms with van der Waals surface area (Å²) in [5, 5.41) is 8.62. The molecular formula is C7H16OS. The first kappa shape index (κ1) is 9.31. The SMILES string of the molecule is CCSC(C)(C)CCO. The van der Waals surface area contributed by atoms with Crippen molar-refractivity contribution < 1.29 is 5.11 Å². The molecule has 0 radical (unpaired) electrons. The van der Waals surface area contributed by atoms with Crippen LogP contribution >= 0.6 is 11.8 Å². The van der Waals surface area contributed by atoms with E-state index in [1.807, 2.05) is 11.8 Å². The number of aliphatic hydroxyl groups is 1. The van der Waals surface area contributed by atoms with Crippen molar-refractivity contribution in [3.63, 3.8) is 0 Å². The maximum Gasteiger partial charge on any atom is 0.0444 e. The van der Waals surface area contributed by atoms with Crippen molar-refractivity contribution in [1.29, 1.82) is 0 Å². The molecule has 0 spiro atoms. The standard InChI is InChI=1S/C7H16OS/c1-4-9-7(2,3)5-6-8/h8H,4-6H2,1-3H3. The van der Waals surface area contributed by atoms with Gasteiger partial charge in [0.1, 0.15) is 0 Å². The van der Waals surface area contributed by atoms with Crippen molar-refractivity contribution in [2.75, 3.05) is 12.4 Å². The van der Waals surface area contributed by atoms with Gasteiger partial charge in [-0.05, 0) is 12.2 Å². The fourth-order valence-electron chi connectivity index (χ4n) is 0.732. The molecular weight excluding hydrogens is 132 g/mol. The first-order chi connectivity index (χ1) is 4.12. The lowest BCUT2D eigenvalue weighted by Crippen LogP contribution is -2.16. The maximum atomic E-state index is 8.62. The highest BCUT2D eigenvalue weighted by atomic mass is 32.2. The third kappa shape index (κ3) is 4.79. The lowest BCUT2D eigenvalue weighted by molar-refractivity contribution is 0.275. The van der Waals surface area contributed by atoms with Crippen LogP contribution in [0.4, 0.5) is 0 Å². The summed E-state index contributed by atoms with van der Waals surface area (Å²) >= 11 is 1.90. The van der Waals surface area contributed by atoms with Gasteiger partial charge in [0, 0.05) is 11.4 Å². The van der Waals surface area contributed by atoms with Crippen molar-refractivity contribution in [3.8, 4) is 0 Å². The zero-order chi connectivity index (χ0) is 7.33. The van der Waals surface area contributed by atoms with Gasteiger partial charge in [-0.15, -0.1) is 0 Å². The molecule has 2 heteroatoms. The van der Waals surface area contributed by atoms with E-state index < -0.39 is 0 Å². The van der Waals surface area contributed by atoms with Gasteiger partial charge in [-0.1, -0.05) is 20.8 Å². The maximum absolute atomic E-state index is 8.62. The second-order valence-corrected chi connectivity index (χ2v) is 4.64. The number of hydrogen-bond donors (Lipinski definition) is 1. The van der Waals surface area contributed by atoms with Crippen molar-refractivity contribution in [2.24, 2.45) is 0 Å². The van der Waals surface area contributed by atoms with Crippen LogP contribution < -0.4 is 0 Å². The Morgan fingerprint density at radius 1 is 1.44 bits per heavy atom. The van der Waals surface area contributed by atoms with E-state index in [9.17, 15) is 0 Å². The van der Waals surface area contributed by atoms with Crippen LogP contribution in [0.3, 0.4) is 0 Å². The zero-order valence-electron chi connectivity index (χ0n) is 6.48. The first-order valence-electron chi connectivity index (χ1n) is 3.37. The van der Waals surface area contributed by atoms with E-state index in [4.69, 9.17) is 5.11 Å². The molecule has 9 heavy (non-hydrogen) atoms. The molecule has 1 N–H and O–H groups in total. The van der Waals surface area contributed by atoms with Gasteiger partial charge in [0.15, 0.2) is 0 Å². The van der Waals surface area contributed by atoms with Crippen LogP contribution in [-0.4, -0.2) is 22.2 Å². The Bertz CT molecular complexity index is 63.3. The second-order valence-electron chi connectivity index (χ2n) is 2.67. The van der Waals surface area contributed by atoms with Gasteiger partial charge in [-0.3, -0.25) is 0 Å². The van der Waals surface area contributed by atoms with Gasteiger partial charge in [0.2, 0.25) is 0 Å². The molecule has 0 bridgehead atoms. The van der Waals surface area contributed by atoms with Crippen molar-refractivity contribution in [2.45, 2.75) is 31.9 Å². The molecule has 0 aliphatic carbocycles. The molecule has 0 atom stereocenters. The Morgan fingerprint density at radius 2 is 2.00 bits per heavy atom. The molecule has 0 heterocycles.